The molecular formula is C16H30O2. The number of esters is 1. The predicted molar refractivity (Wildman–Crippen MR) is 75.4 cm³/mol. The monoisotopic (exact) mass is 254 g/mol. The minimum Gasteiger partial charge on any atom is -0.462 e. The number of carbonyl (C=O) groups is 1. The molecule has 18 heavy (non-hydrogen) atoms. The summed E-state index contributed by atoms with van der Waals surface area (Å²) in [5.41, 5.74) is 0. The highest BCUT2D eigenvalue weighted by molar-refractivity contribution is 5.72. The van der Waals surface area contributed by atoms with Crippen LogP contribution in [-0.4, -0.2) is 12.1 Å². The zero-order chi connectivity index (χ0) is 13.4. The van der Waals surface area contributed by atoms with Gasteiger partial charge in [-0.15, -0.1) is 0 Å². The van der Waals surface area contributed by atoms with Gasteiger partial charge < -0.3 is 4.74 Å². The van der Waals surface area contributed by atoms with Gasteiger partial charge in [0.15, 0.2) is 0 Å². The SMILES string of the molecule is CC1CCCC(OC(=O)C2CCCC2)C1.CCC. The predicted octanol–water partition coefficient (Wildman–Crippen LogP) is 4.71. The van der Waals surface area contributed by atoms with Crippen LogP contribution in [0.1, 0.15) is 78.6 Å². The number of rotatable bonds is 2. The van der Waals surface area contributed by atoms with E-state index in [2.05, 4.69) is 20.8 Å². The lowest BCUT2D eigenvalue weighted by molar-refractivity contribution is -0.156. The van der Waals surface area contributed by atoms with E-state index in [1.807, 2.05) is 0 Å². The van der Waals surface area contributed by atoms with Gasteiger partial charge in [-0.1, -0.05) is 46.5 Å². The normalized spacial score (nSPS) is 28.4. The van der Waals surface area contributed by atoms with Gasteiger partial charge >= 0.3 is 5.97 Å². The highest BCUT2D eigenvalue weighted by Gasteiger charge is 2.28. The molecule has 2 fully saturated rings. The Morgan fingerprint density at radius 1 is 1.06 bits per heavy atom. The third kappa shape index (κ3) is 5.41. The smallest absolute Gasteiger partial charge is 0.309 e. The van der Waals surface area contributed by atoms with Crippen LogP contribution in [0.5, 0.6) is 0 Å². The molecule has 2 saturated carbocycles. The van der Waals surface area contributed by atoms with E-state index in [-0.39, 0.29) is 18.0 Å². The summed E-state index contributed by atoms with van der Waals surface area (Å²) in [5.74, 6) is 1.05. The van der Waals surface area contributed by atoms with Crippen molar-refractivity contribution in [2.24, 2.45) is 11.8 Å². The molecule has 2 nitrogen and oxygen atoms in total. The summed E-state index contributed by atoms with van der Waals surface area (Å²) in [7, 11) is 0. The third-order valence-corrected chi connectivity index (χ3v) is 3.86. The molecular weight excluding hydrogens is 224 g/mol. The molecule has 0 spiro atoms. The minimum atomic E-state index is 0.0894. The van der Waals surface area contributed by atoms with Crippen molar-refractivity contribution in [2.45, 2.75) is 84.7 Å². The molecule has 0 heterocycles. The van der Waals surface area contributed by atoms with Crippen LogP contribution in [0, 0.1) is 11.8 Å². The summed E-state index contributed by atoms with van der Waals surface area (Å²) >= 11 is 0. The Morgan fingerprint density at radius 2 is 1.67 bits per heavy atom. The van der Waals surface area contributed by atoms with Crippen LogP contribution in [0.3, 0.4) is 0 Å². The molecule has 0 amide bonds. The van der Waals surface area contributed by atoms with Gasteiger partial charge in [-0.05, 0) is 38.0 Å². The Labute approximate surface area is 112 Å². The van der Waals surface area contributed by atoms with Crippen LogP contribution >= 0.6 is 0 Å². The minimum absolute atomic E-state index is 0.0894. The molecule has 0 aliphatic heterocycles. The van der Waals surface area contributed by atoms with Gasteiger partial charge in [0, 0.05) is 0 Å². The van der Waals surface area contributed by atoms with Gasteiger partial charge in [0.1, 0.15) is 6.10 Å². The molecule has 0 N–H and O–H groups in total. The van der Waals surface area contributed by atoms with Crippen molar-refractivity contribution in [1.29, 1.82) is 0 Å². The molecule has 0 bridgehead atoms. The molecule has 2 aliphatic rings. The zero-order valence-corrected chi connectivity index (χ0v) is 12.4. The number of hydrogen-bond acceptors (Lipinski definition) is 2. The summed E-state index contributed by atoms with van der Waals surface area (Å²) in [6, 6.07) is 0. The second-order valence-corrected chi connectivity index (χ2v) is 6.02. The average Bonchev–Trinajstić information content (AvgIpc) is 2.83. The summed E-state index contributed by atoms with van der Waals surface area (Å²) in [6.07, 6.45) is 10.7. The Morgan fingerprint density at radius 3 is 2.22 bits per heavy atom. The molecule has 0 aromatic rings. The standard InChI is InChI=1S/C13H22O2.C3H8/c1-10-5-4-8-12(9-10)15-13(14)11-6-2-3-7-11;1-3-2/h10-12H,2-9H2,1H3;3H2,1-2H3. The first-order chi connectivity index (χ1) is 8.67. The summed E-state index contributed by atoms with van der Waals surface area (Å²) < 4.78 is 5.61. The second-order valence-electron chi connectivity index (χ2n) is 6.02. The maximum Gasteiger partial charge on any atom is 0.309 e. The fourth-order valence-electron chi connectivity index (χ4n) is 2.91. The van der Waals surface area contributed by atoms with E-state index in [0.29, 0.717) is 0 Å². The van der Waals surface area contributed by atoms with Crippen molar-refractivity contribution >= 4 is 5.97 Å². The second kappa shape index (κ2) is 8.55. The van der Waals surface area contributed by atoms with Gasteiger partial charge in [0.05, 0.1) is 5.92 Å². The maximum atomic E-state index is 11.8. The summed E-state index contributed by atoms with van der Waals surface area (Å²) in [4.78, 5) is 11.8. The molecule has 2 atom stereocenters. The Hall–Kier alpha value is -0.530. The van der Waals surface area contributed by atoms with E-state index in [4.69, 9.17) is 4.74 Å². The molecule has 2 aliphatic carbocycles. The summed E-state index contributed by atoms with van der Waals surface area (Å²) in [5, 5.41) is 0. The first kappa shape index (κ1) is 15.5. The van der Waals surface area contributed by atoms with Crippen molar-refractivity contribution in [3.8, 4) is 0 Å². The van der Waals surface area contributed by atoms with E-state index in [9.17, 15) is 4.79 Å². The Bertz CT molecular complexity index is 231. The fourth-order valence-corrected chi connectivity index (χ4v) is 2.91. The molecule has 0 radical (unpaired) electrons. The van der Waals surface area contributed by atoms with E-state index in [1.54, 1.807) is 0 Å². The average molecular weight is 254 g/mol. The van der Waals surface area contributed by atoms with Crippen LogP contribution in [-0.2, 0) is 9.53 Å². The van der Waals surface area contributed by atoms with Crippen LogP contribution < -0.4 is 0 Å². The van der Waals surface area contributed by atoms with Gasteiger partial charge in [0.2, 0.25) is 0 Å². The fraction of sp³-hybridized carbons (Fsp3) is 0.938. The van der Waals surface area contributed by atoms with Crippen LogP contribution in [0.15, 0.2) is 0 Å². The molecule has 106 valence electrons. The van der Waals surface area contributed by atoms with Crippen LogP contribution in [0.25, 0.3) is 0 Å². The number of ether oxygens (including phenoxy) is 1. The molecule has 0 saturated heterocycles. The van der Waals surface area contributed by atoms with Gasteiger partial charge in [0.25, 0.3) is 0 Å². The van der Waals surface area contributed by atoms with Crippen molar-refractivity contribution < 1.29 is 9.53 Å². The van der Waals surface area contributed by atoms with Crippen molar-refractivity contribution in [2.75, 3.05) is 0 Å². The van der Waals surface area contributed by atoms with Gasteiger partial charge in [-0.2, -0.15) is 0 Å². The largest absolute Gasteiger partial charge is 0.462 e. The first-order valence-electron chi connectivity index (χ1n) is 7.87. The quantitative estimate of drug-likeness (QED) is 0.667. The lowest BCUT2D eigenvalue weighted by Gasteiger charge is -2.27. The molecule has 2 unspecified atom stereocenters. The van der Waals surface area contributed by atoms with Crippen molar-refractivity contribution in [3.63, 3.8) is 0 Å². The van der Waals surface area contributed by atoms with Gasteiger partial charge in [-0.25, -0.2) is 0 Å². The van der Waals surface area contributed by atoms with Crippen LogP contribution in [0.2, 0.25) is 0 Å². The van der Waals surface area contributed by atoms with E-state index < -0.39 is 0 Å². The lowest BCUT2D eigenvalue weighted by atomic mass is 9.88. The van der Waals surface area contributed by atoms with E-state index >= 15 is 0 Å². The Balaban J connectivity index is 0.000000492. The molecule has 0 aromatic carbocycles. The maximum absolute atomic E-state index is 11.8. The molecule has 2 heteroatoms. The topological polar surface area (TPSA) is 26.3 Å². The highest BCUT2D eigenvalue weighted by Crippen LogP contribution is 2.30. The van der Waals surface area contributed by atoms with E-state index in [0.717, 1.165) is 31.6 Å². The lowest BCUT2D eigenvalue weighted by Crippen LogP contribution is -2.27. The molecule has 0 aromatic heterocycles. The summed E-state index contributed by atoms with van der Waals surface area (Å²) in [6.45, 7) is 6.51. The van der Waals surface area contributed by atoms with Crippen molar-refractivity contribution in [3.05, 3.63) is 0 Å². The van der Waals surface area contributed by atoms with Gasteiger partial charge in [-0.3, -0.25) is 4.79 Å². The number of hydrogen-bond donors (Lipinski definition) is 0. The third-order valence-electron chi connectivity index (χ3n) is 3.86. The first-order valence-corrected chi connectivity index (χ1v) is 7.87. The highest BCUT2D eigenvalue weighted by atomic mass is 16.5. The van der Waals surface area contributed by atoms with Crippen molar-refractivity contribution in [1.82, 2.24) is 0 Å². The Kier molecular flexibility index (Phi) is 7.38. The molecule has 2 rings (SSSR count). The zero-order valence-electron chi connectivity index (χ0n) is 12.4. The van der Waals surface area contributed by atoms with Crippen LogP contribution in [0.4, 0.5) is 0 Å². The number of carbonyl (C=O) groups excluding carboxylic acids is 1. The van der Waals surface area contributed by atoms with E-state index in [1.165, 1.54) is 32.1 Å².